The van der Waals surface area contributed by atoms with Gasteiger partial charge in [-0.25, -0.2) is 4.79 Å². The van der Waals surface area contributed by atoms with Gasteiger partial charge in [-0.1, -0.05) is 25.8 Å². The molecule has 0 unspecified atom stereocenters. The molecule has 1 aliphatic rings. The Morgan fingerprint density at radius 1 is 1.46 bits per heavy atom. The molecule has 1 aliphatic carbocycles. The normalized spacial score (nSPS) is 17.9. The first-order valence-corrected chi connectivity index (χ1v) is 4.80. The fraction of sp³-hybridized carbons (Fsp3) is 0.700. The monoisotopic (exact) mass is 183 g/mol. The van der Waals surface area contributed by atoms with Gasteiger partial charge in [0, 0.05) is 13.1 Å². The molecule has 13 heavy (non-hydrogen) atoms. The Labute approximate surface area is 79.4 Å². The number of carbonyl (C=O) groups is 1. The van der Waals surface area contributed by atoms with Crippen molar-refractivity contribution in [2.45, 2.75) is 38.1 Å². The fourth-order valence-corrected chi connectivity index (χ4v) is 1.77. The Balaban J connectivity index is 2.39. The number of ether oxygens (including phenoxy) is 1. The van der Waals surface area contributed by atoms with E-state index < -0.39 is 0 Å². The third-order valence-corrected chi connectivity index (χ3v) is 2.59. The largest absolute Gasteiger partial charge is 0.419 e. The molecule has 0 aromatic carbocycles. The van der Waals surface area contributed by atoms with E-state index in [1.807, 2.05) is 0 Å². The first kappa shape index (κ1) is 10.1. The van der Waals surface area contributed by atoms with Gasteiger partial charge in [-0.05, 0) is 12.8 Å². The van der Waals surface area contributed by atoms with E-state index >= 15 is 0 Å². The van der Waals surface area contributed by atoms with Gasteiger partial charge < -0.3 is 9.64 Å². The van der Waals surface area contributed by atoms with Crippen LogP contribution >= 0.6 is 0 Å². The van der Waals surface area contributed by atoms with Crippen LogP contribution < -0.4 is 0 Å². The van der Waals surface area contributed by atoms with Crippen LogP contribution in [-0.4, -0.2) is 24.1 Å². The van der Waals surface area contributed by atoms with Crippen LogP contribution in [0.2, 0.25) is 0 Å². The molecule has 0 saturated heterocycles. The fourth-order valence-electron chi connectivity index (χ4n) is 1.77. The van der Waals surface area contributed by atoms with Crippen LogP contribution in [0.5, 0.6) is 0 Å². The molecule has 0 N–H and O–H groups in total. The molecule has 0 bridgehead atoms. The second-order valence-corrected chi connectivity index (χ2v) is 3.45. The Bertz CT molecular complexity index is 185. The van der Waals surface area contributed by atoms with Gasteiger partial charge in [0.05, 0.1) is 6.26 Å². The molecule has 0 aromatic heterocycles. The van der Waals surface area contributed by atoms with Crippen molar-refractivity contribution in [2.75, 3.05) is 7.05 Å². The van der Waals surface area contributed by atoms with Gasteiger partial charge in [0.15, 0.2) is 0 Å². The van der Waals surface area contributed by atoms with Crippen LogP contribution in [0.4, 0.5) is 4.79 Å². The number of amides is 1. The summed E-state index contributed by atoms with van der Waals surface area (Å²) in [7, 11) is 1.79. The maximum Gasteiger partial charge on any atom is 0.414 e. The zero-order valence-electron chi connectivity index (χ0n) is 8.16. The molecule has 0 spiro atoms. The number of nitrogens with zero attached hydrogens (tertiary/aromatic N) is 1. The Hall–Kier alpha value is -0.990. The van der Waals surface area contributed by atoms with Crippen molar-refractivity contribution in [1.29, 1.82) is 0 Å². The summed E-state index contributed by atoms with van der Waals surface area (Å²) in [6.45, 7) is 3.36. The van der Waals surface area contributed by atoms with Gasteiger partial charge in [0.25, 0.3) is 0 Å². The number of hydrogen-bond donors (Lipinski definition) is 0. The number of carbonyl (C=O) groups excluding carboxylic acids is 1. The summed E-state index contributed by atoms with van der Waals surface area (Å²) in [4.78, 5) is 13.0. The van der Waals surface area contributed by atoms with E-state index in [4.69, 9.17) is 4.74 Å². The topological polar surface area (TPSA) is 29.5 Å². The Morgan fingerprint density at radius 3 is 2.62 bits per heavy atom. The first-order valence-electron chi connectivity index (χ1n) is 4.80. The minimum absolute atomic E-state index is 0.290. The van der Waals surface area contributed by atoms with Crippen molar-refractivity contribution < 1.29 is 9.53 Å². The summed E-state index contributed by atoms with van der Waals surface area (Å²) in [6.07, 6.45) is 6.82. The molecule has 0 aromatic rings. The molecule has 0 atom stereocenters. The molecular formula is C10H17NO2. The first-order chi connectivity index (χ1) is 6.25. The summed E-state index contributed by atoms with van der Waals surface area (Å²) in [5.41, 5.74) is 0. The molecule has 0 heterocycles. The van der Waals surface area contributed by atoms with Crippen LogP contribution in [0.15, 0.2) is 12.8 Å². The summed E-state index contributed by atoms with van der Waals surface area (Å²) in [5, 5.41) is 0. The van der Waals surface area contributed by atoms with Crippen LogP contribution in [0.25, 0.3) is 0 Å². The van der Waals surface area contributed by atoms with Crippen LogP contribution in [-0.2, 0) is 4.74 Å². The average Bonchev–Trinajstić information content (AvgIpc) is 2.18. The van der Waals surface area contributed by atoms with Gasteiger partial charge in [-0.15, -0.1) is 0 Å². The SMILES string of the molecule is C=COC(=O)N(C)C1CCCCC1. The third-order valence-electron chi connectivity index (χ3n) is 2.59. The summed E-state index contributed by atoms with van der Waals surface area (Å²) in [6, 6.07) is 0.362. The lowest BCUT2D eigenvalue weighted by Crippen LogP contribution is -2.37. The summed E-state index contributed by atoms with van der Waals surface area (Å²) in [5.74, 6) is 0. The zero-order valence-corrected chi connectivity index (χ0v) is 8.16. The minimum Gasteiger partial charge on any atom is -0.419 e. The molecule has 1 rings (SSSR count). The van der Waals surface area contributed by atoms with Crippen molar-refractivity contribution in [2.24, 2.45) is 0 Å². The molecule has 0 radical (unpaired) electrons. The van der Waals surface area contributed by atoms with E-state index in [0.717, 1.165) is 12.8 Å². The highest BCUT2D eigenvalue weighted by molar-refractivity contribution is 5.68. The van der Waals surface area contributed by atoms with Crippen LogP contribution in [0.1, 0.15) is 32.1 Å². The Morgan fingerprint density at radius 2 is 2.08 bits per heavy atom. The quantitative estimate of drug-likeness (QED) is 0.616. The van der Waals surface area contributed by atoms with Crippen molar-refractivity contribution in [3.8, 4) is 0 Å². The maximum atomic E-state index is 11.3. The molecule has 74 valence electrons. The predicted molar refractivity (Wildman–Crippen MR) is 51.3 cm³/mol. The highest BCUT2D eigenvalue weighted by Gasteiger charge is 2.22. The smallest absolute Gasteiger partial charge is 0.414 e. The Kier molecular flexibility index (Phi) is 3.80. The molecule has 1 amide bonds. The number of rotatable bonds is 2. The lowest BCUT2D eigenvalue weighted by atomic mass is 9.95. The second-order valence-electron chi connectivity index (χ2n) is 3.45. The van der Waals surface area contributed by atoms with E-state index in [1.54, 1.807) is 11.9 Å². The predicted octanol–water partition coefficient (Wildman–Crippen LogP) is 2.53. The van der Waals surface area contributed by atoms with Crippen molar-refractivity contribution in [1.82, 2.24) is 4.90 Å². The van der Waals surface area contributed by atoms with Crippen molar-refractivity contribution in [3.05, 3.63) is 12.8 Å². The van der Waals surface area contributed by atoms with Crippen molar-refractivity contribution >= 4 is 6.09 Å². The number of hydrogen-bond acceptors (Lipinski definition) is 2. The zero-order chi connectivity index (χ0) is 9.68. The van der Waals surface area contributed by atoms with Crippen LogP contribution in [0, 0.1) is 0 Å². The second kappa shape index (κ2) is 4.90. The minimum atomic E-state index is -0.290. The molecular weight excluding hydrogens is 166 g/mol. The van der Waals surface area contributed by atoms with E-state index in [9.17, 15) is 4.79 Å². The van der Waals surface area contributed by atoms with Crippen LogP contribution in [0.3, 0.4) is 0 Å². The highest BCUT2D eigenvalue weighted by Crippen LogP contribution is 2.21. The molecule has 1 fully saturated rings. The third kappa shape index (κ3) is 2.76. The maximum absolute atomic E-state index is 11.3. The lowest BCUT2D eigenvalue weighted by molar-refractivity contribution is 0.120. The molecule has 0 aliphatic heterocycles. The van der Waals surface area contributed by atoms with Gasteiger partial charge in [0.1, 0.15) is 0 Å². The summed E-state index contributed by atoms with van der Waals surface area (Å²) < 4.78 is 4.71. The van der Waals surface area contributed by atoms with E-state index in [-0.39, 0.29) is 6.09 Å². The molecule has 3 heteroatoms. The van der Waals surface area contributed by atoms with Gasteiger partial charge in [-0.2, -0.15) is 0 Å². The van der Waals surface area contributed by atoms with E-state index in [1.165, 1.54) is 25.5 Å². The van der Waals surface area contributed by atoms with Crippen molar-refractivity contribution in [3.63, 3.8) is 0 Å². The average molecular weight is 183 g/mol. The molecule has 3 nitrogen and oxygen atoms in total. The van der Waals surface area contributed by atoms with E-state index in [2.05, 4.69) is 6.58 Å². The van der Waals surface area contributed by atoms with E-state index in [0.29, 0.717) is 6.04 Å². The standard InChI is InChI=1S/C10H17NO2/c1-3-13-10(12)11(2)9-7-5-4-6-8-9/h3,9H,1,4-8H2,2H3. The van der Waals surface area contributed by atoms with Gasteiger partial charge in [-0.3, -0.25) is 0 Å². The molecule has 1 saturated carbocycles. The lowest BCUT2D eigenvalue weighted by Gasteiger charge is -2.29. The van der Waals surface area contributed by atoms with Gasteiger partial charge >= 0.3 is 6.09 Å². The summed E-state index contributed by atoms with van der Waals surface area (Å²) >= 11 is 0. The highest BCUT2D eigenvalue weighted by atomic mass is 16.5. The van der Waals surface area contributed by atoms with Gasteiger partial charge in [0.2, 0.25) is 0 Å².